The summed E-state index contributed by atoms with van der Waals surface area (Å²) in [5, 5.41) is 0. The first-order valence-electron chi connectivity index (χ1n) is 8.42. The topological polar surface area (TPSA) is 32.8 Å². The second-order valence-electron chi connectivity index (χ2n) is 6.59. The van der Waals surface area contributed by atoms with Crippen LogP contribution < -0.4 is 4.74 Å². The van der Waals surface area contributed by atoms with Gasteiger partial charge >= 0.3 is 5.97 Å². The summed E-state index contributed by atoms with van der Waals surface area (Å²) in [6.07, 6.45) is 4.25. The molecule has 2 fully saturated rings. The molecule has 1 aliphatic heterocycles. The van der Waals surface area contributed by atoms with Crippen LogP contribution in [0.25, 0.3) is 0 Å². The van der Waals surface area contributed by atoms with Crippen LogP contribution in [-0.4, -0.2) is 55.5 Å². The molecule has 4 heteroatoms. The zero-order valence-corrected chi connectivity index (χ0v) is 13.5. The molecule has 1 aliphatic carbocycles. The highest BCUT2D eigenvalue weighted by Crippen LogP contribution is 2.30. The molecule has 0 aromatic heterocycles. The number of carbonyl (C=O) groups is 1. The van der Waals surface area contributed by atoms with Gasteiger partial charge in [0.15, 0.2) is 0 Å². The van der Waals surface area contributed by atoms with Crippen molar-refractivity contribution in [2.24, 2.45) is 5.92 Å². The number of piperazine rings is 1. The zero-order valence-electron chi connectivity index (χ0n) is 13.5. The summed E-state index contributed by atoms with van der Waals surface area (Å²) in [4.78, 5) is 16.5. The van der Waals surface area contributed by atoms with Crippen LogP contribution in [0, 0.1) is 5.92 Å². The molecule has 1 saturated heterocycles. The lowest BCUT2D eigenvalue weighted by atomic mass is 10.1. The average molecular weight is 302 g/mol. The van der Waals surface area contributed by atoms with Crippen molar-refractivity contribution in [1.29, 1.82) is 0 Å². The Morgan fingerprint density at radius 3 is 2.45 bits per heavy atom. The number of aryl methyl sites for hydroxylation is 1. The molecular formula is C18H26N2O2. The molecule has 0 unspecified atom stereocenters. The van der Waals surface area contributed by atoms with Gasteiger partial charge in [-0.25, -0.2) is 0 Å². The van der Waals surface area contributed by atoms with Gasteiger partial charge < -0.3 is 14.5 Å². The lowest BCUT2D eigenvalue weighted by Gasteiger charge is -2.32. The smallest absolute Gasteiger partial charge is 0.314 e. The van der Waals surface area contributed by atoms with E-state index in [4.69, 9.17) is 4.74 Å². The lowest BCUT2D eigenvalue weighted by Crippen LogP contribution is -2.44. The van der Waals surface area contributed by atoms with Crippen LogP contribution in [0.2, 0.25) is 0 Å². The van der Waals surface area contributed by atoms with Crippen LogP contribution in [0.15, 0.2) is 24.3 Å². The molecule has 22 heavy (non-hydrogen) atoms. The summed E-state index contributed by atoms with van der Waals surface area (Å²) in [5.74, 6) is 0.769. The SMILES string of the molecule is CN1CCN(CCCc2ccc(OC(=O)C3CC3)cc2)CC1. The summed E-state index contributed by atoms with van der Waals surface area (Å²) >= 11 is 0. The van der Waals surface area contributed by atoms with E-state index in [1.54, 1.807) is 0 Å². The Bertz CT molecular complexity index is 488. The number of rotatable bonds is 6. The molecule has 0 N–H and O–H groups in total. The molecule has 2 aliphatic rings. The summed E-state index contributed by atoms with van der Waals surface area (Å²) in [6.45, 7) is 5.91. The largest absolute Gasteiger partial charge is 0.426 e. The van der Waals surface area contributed by atoms with E-state index in [9.17, 15) is 4.79 Å². The minimum absolute atomic E-state index is 0.0668. The monoisotopic (exact) mass is 302 g/mol. The Morgan fingerprint density at radius 1 is 1.14 bits per heavy atom. The molecule has 120 valence electrons. The Labute approximate surface area is 133 Å². The van der Waals surface area contributed by atoms with Crippen molar-refractivity contribution in [3.63, 3.8) is 0 Å². The minimum atomic E-state index is -0.0668. The van der Waals surface area contributed by atoms with Gasteiger partial charge in [0.1, 0.15) is 5.75 Å². The Morgan fingerprint density at radius 2 is 1.82 bits per heavy atom. The van der Waals surface area contributed by atoms with Gasteiger partial charge in [-0.2, -0.15) is 0 Å². The normalized spacial score (nSPS) is 20.0. The number of hydrogen-bond acceptors (Lipinski definition) is 4. The summed E-state index contributed by atoms with van der Waals surface area (Å²) in [7, 11) is 2.19. The average Bonchev–Trinajstić information content (AvgIpc) is 3.36. The van der Waals surface area contributed by atoms with E-state index in [0.29, 0.717) is 5.75 Å². The standard InChI is InChI=1S/C18H26N2O2/c1-19-11-13-20(14-12-19)10-2-3-15-4-8-17(9-5-15)22-18(21)16-6-7-16/h4-5,8-9,16H,2-3,6-7,10-14H2,1H3. The van der Waals surface area contributed by atoms with E-state index in [1.807, 2.05) is 12.1 Å². The molecule has 0 bridgehead atoms. The van der Waals surface area contributed by atoms with E-state index in [2.05, 4.69) is 29.0 Å². The van der Waals surface area contributed by atoms with E-state index in [0.717, 1.165) is 19.3 Å². The number of likely N-dealkylation sites (N-methyl/N-ethyl adjacent to an activating group) is 1. The third-order valence-electron chi connectivity index (χ3n) is 4.59. The van der Waals surface area contributed by atoms with Crippen LogP contribution in [-0.2, 0) is 11.2 Å². The molecular weight excluding hydrogens is 276 g/mol. The van der Waals surface area contributed by atoms with Crippen molar-refractivity contribution in [3.8, 4) is 5.75 Å². The second kappa shape index (κ2) is 7.25. The third-order valence-corrected chi connectivity index (χ3v) is 4.59. The first-order chi connectivity index (χ1) is 10.7. The summed E-state index contributed by atoms with van der Waals surface area (Å²) in [6, 6.07) is 8.01. The lowest BCUT2D eigenvalue weighted by molar-refractivity contribution is -0.135. The van der Waals surface area contributed by atoms with Gasteiger partial charge in [-0.05, 0) is 57.0 Å². The minimum Gasteiger partial charge on any atom is -0.426 e. The van der Waals surface area contributed by atoms with Crippen molar-refractivity contribution in [3.05, 3.63) is 29.8 Å². The van der Waals surface area contributed by atoms with Gasteiger partial charge in [0.05, 0.1) is 5.92 Å². The number of ether oxygens (including phenoxy) is 1. The Hall–Kier alpha value is -1.39. The van der Waals surface area contributed by atoms with Gasteiger partial charge in [-0.1, -0.05) is 12.1 Å². The van der Waals surface area contributed by atoms with Crippen molar-refractivity contribution >= 4 is 5.97 Å². The van der Waals surface area contributed by atoms with Gasteiger partial charge in [-0.15, -0.1) is 0 Å². The highest BCUT2D eigenvalue weighted by atomic mass is 16.5. The van der Waals surface area contributed by atoms with Crippen molar-refractivity contribution < 1.29 is 9.53 Å². The van der Waals surface area contributed by atoms with E-state index in [-0.39, 0.29) is 11.9 Å². The second-order valence-corrected chi connectivity index (χ2v) is 6.59. The first kappa shape index (κ1) is 15.5. The van der Waals surface area contributed by atoms with Crippen LogP contribution in [0.5, 0.6) is 5.75 Å². The molecule has 1 aromatic carbocycles. The van der Waals surface area contributed by atoms with E-state index < -0.39 is 0 Å². The Balaban J connectivity index is 1.38. The van der Waals surface area contributed by atoms with Crippen LogP contribution in [0.1, 0.15) is 24.8 Å². The summed E-state index contributed by atoms with van der Waals surface area (Å²) < 4.78 is 5.35. The molecule has 0 radical (unpaired) electrons. The molecule has 0 spiro atoms. The van der Waals surface area contributed by atoms with Gasteiger partial charge in [0.2, 0.25) is 0 Å². The maximum atomic E-state index is 11.6. The highest BCUT2D eigenvalue weighted by Gasteiger charge is 2.31. The number of hydrogen-bond donors (Lipinski definition) is 0. The third kappa shape index (κ3) is 4.55. The van der Waals surface area contributed by atoms with Crippen molar-refractivity contribution in [1.82, 2.24) is 9.80 Å². The van der Waals surface area contributed by atoms with Gasteiger partial charge in [0, 0.05) is 26.2 Å². The zero-order chi connectivity index (χ0) is 15.4. The molecule has 4 nitrogen and oxygen atoms in total. The quantitative estimate of drug-likeness (QED) is 0.596. The molecule has 1 heterocycles. The molecule has 1 aromatic rings. The highest BCUT2D eigenvalue weighted by molar-refractivity contribution is 5.77. The maximum Gasteiger partial charge on any atom is 0.314 e. The van der Waals surface area contributed by atoms with Crippen molar-refractivity contribution in [2.45, 2.75) is 25.7 Å². The molecule has 1 saturated carbocycles. The fraction of sp³-hybridized carbons (Fsp3) is 0.611. The predicted octanol–water partition coefficient (Wildman–Crippen LogP) is 2.18. The molecule has 0 atom stereocenters. The first-order valence-corrected chi connectivity index (χ1v) is 8.42. The number of esters is 1. The number of benzene rings is 1. The number of carbonyl (C=O) groups excluding carboxylic acids is 1. The van der Waals surface area contributed by atoms with Crippen LogP contribution in [0.4, 0.5) is 0 Å². The predicted molar refractivity (Wildman–Crippen MR) is 87.1 cm³/mol. The van der Waals surface area contributed by atoms with Gasteiger partial charge in [0.25, 0.3) is 0 Å². The molecule has 3 rings (SSSR count). The van der Waals surface area contributed by atoms with Gasteiger partial charge in [-0.3, -0.25) is 4.79 Å². The van der Waals surface area contributed by atoms with E-state index >= 15 is 0 Å². The van der Waals surface area contributed by atoms with Crippen LogP contribution in [0.3, 0.4) is 0 Å². The van der Waals surface area contributed by atoms with Crippen molar-refractivity contribution in [2.75, 3.05) is 39.8 Å². The summed E-state index contributed by atoms with van der Waals surface area (Å²) in [5.41, 5.74) is 1.32. The fourth-order valence-corrected chi connectivity index (χ4v) is 2.82. The number of nitrogens with zero attached hydrogens (tertiary/aromatic N) is 2. The molecule has 0 amide bonds. The van der Waals surface area contributed by atoms with E-state index in [1.165, 1.54) is 44.7 Å². The Kier molecular flexibility index (Phi) is 5.11. The van der Waals surface area contributed by atoms with Crippen LogP contribution >= 0.6 is 0 Å². The fourth-order valence-electron chi connectivity index (χ4n) is 2.82. The maximum absolute atomic E-state index is 11.6.